The third kappa shape index (κ3) is 6.38. The molecule has 0 unspecified atom stereocenters. The van der Waals surface area contributed by atoms with Crippen LogP contribution in [0.4, 0.5) is 0 Å². The molecule has 0 aromatic rings. The fourth-order valence-electron chi connectivity index (χ4n) is 0.978. The second-order valence-electron chi connectivity index (χ2n) is 2.99. The van der Waals surface area contributed by atoms with Gasteiger partial charge in [0.25, 0.3) is 0 Å². The first-order valence-electron chi connectivity index (χ1n) is 4.52. The predicted octanol–water partition coefficient (Wildman–Crippen LogP) is -1.36. The molecule has 82 valence electrons. The molecule has 0 aromatic heterocycles. The molecule has 0 aliphatic rings. The van der Waals surface area contributed by atoms with Crippen molar-refractivity contribution in [2.45, 2.75) is 25.3 Å². The predicted molar refractivity (Wildman–Crippen MR) is 51.5 cm³/mol. The zero-order chi connectivity index (χ0) is 11.0. The fraction of sp³-hybridized carbons (Fsp3) is 0.750. The van der Waals surface area contributed by atoms with Crippen LogP contribution in [0.1, 0.15) is 19.3 Å². The van der Waals surface area contributed by atoms with Crippen molar-refractivity contribution in [3.63, 3.8) is 0 Å². The molecule has 14 heavy (non-hydrogen) atoms. The SMILES string of the molecule is NCCCN[C@@H](CCC(N)=O)C(=O)O. The molecule has 6 N–H and O–H groups in total. The number of hydrogen-bond donors (Lipinski definition) is 4. The van der Waals surface area contributed by atoms with E-state index >= 15 is 0 Å². The largest absolute Gasteiger partial charge is 0.480 e. The molecule has 0 saturated heterocycles. The Morgan fingerprint density at radius 2 is 2.07 bits per heavy atom. The highest BCUT2D eigenvalue weighted by atomic mass is 16.4. The van der Waals surface area contributed by atoms with E-state index in [9.17, 15) is 9.59 Å². The lowest BCUT2D eigenvalue weighted by atomic mass is 10.1. The van der Waals surface area contributed by atoms with E-state index in [1.807, 2.05) is 0 Å². The lowest BCUT2D eigenvalue weighted by molar-refractivity contribution is -0.139. The first-order valence-corrected chi connectivity index (χ1v) is 4.52. The number of carbonyl (C=O) groups excluding carboxylic acids is 1. The summed E-state index contributed by atoms with van der Waals surface area (Å²) in [6, 6.07) is -0.714. The molecule has 0 heterocycles. The Morgan fingerprint density at radius 1 is 1.43 bits per heavy atom. The molecule has 6 heteroatoms. The lowest BCUT2D eigenvalue weighted by Crippen LogP contribution is -2.38. The third-order valence-corrected chi connectivity index (χ3v) is 1.75. The van der Waals surface area contributed by atoms with Crippen molar-refractivity contribution in [3.05, 3.63) is 0 Å². The van der Waals surface area contributed by atoms with Crippen molar-refractivity contribution in [2.75, 3.05) is 13.1 Å². The minimum atomic E-state index is -0.969. The van der Waals surface area contributed by atoms with Gasteiger partial charge in [0.1, 0.15) is 6.04 Å². The minimum Gasteiger partial charge on any atom is -0.480 e. The van der Waals surface area contributed by atoms with Crippen LogP contribution in [0.5, 0.6) is 0 Å². The average molecular weight is 203 g/mol. The van der Waals surface area contributed by atoms with Gasteiger partial charge in [0.2, 0.25) is 5.91 Å². The molecule has 0 aromatic carbocycles. The molecule has 0 aliphatic carbocycles. The molecule has 0 rings (SSSR count). The molecule has 0 spiro atoms. The van der Waals surface area contributed by atoms with Crippen LogP contribution < -0.4 is 16.8 Å². The number of carbonyl (C=O) groups is 2. The van der Waals surface area contributed by atoms with Gasteiger partial charge in [-0.25, -0.2) is 0 Å². The van der Waals surface area contributed by atoms with E-state index in [4.69, 9.17) is 16.6 Å². The van der Waals surface area contributed by atoms with Gasteiger partial charge in [-0.15, -0.1) is 0 Å². The summed E-state index contributed by atoms with van der Waals surface area (Å²) in [6.07, 6.45) is 1.00. The van der Waals surface area contributed by atoms with E-state index < -0.39 is 17.9 Å². The Kier molecular flexibility index (Phi) is 6.69. The molecule has 0 bridgehead atoms. The van der Waals surface area contributed by atoms with Gasteiger partial charge >= 0.3 is 5.97 Å². The Labute approximate surface area is 82.6 Å². The van der Waals surface area contributed by atoms with Crippen LogP contribution in [0.15, 0.2) is 0 Å². The zero-order valence-electron chi connectivity index (χ0n) is 8.03. The topological polar surface area (TPSA) is 118 Å². The first kappa shape index (κ1) is 12.9. The van der Waals surface area contributed by atoms with E-state index in [-0.39, 0.29) is 12.8 Å². The Hall–Kier alpha value is -1.14. The van der Waals surface area contributed by atoms with E-state index in [0.717, 1.165) is 0 Å². The number of carboxylic acids is 1. The average Bonchev–Trinajstić information content (AvgIpc) is 2.10. The quantitative estimate of drug-likeness (QED) is 0.363. The van der Waals surface area contributed by atoms with Gasteiger partial charge < -0.3 is 21.9 Å². The summed E-state index contributed by atoms with van der Waals surface area (Å²) >= 11 is 0. The number of aliphatic carboxylic acids is 1. The van der Waals surface area contributed by atoms with Crippen LogP contribution in [-0.2, 0) is 9.59 Å². The molecular formula is C8H17N3O3. The van der Waals surface area contributed by atoms with Crippen molar-refractivity contribution >= 4 is 11.9 Å². The number of nitrogens with two attached hydrogens (primary N) is 2. The molecule has 6 nitrogen and oxygen atoms in total. The van der Waals surface area contributed by atoms with Gasteiger partial charge in [0, 0.05) is 6.42 Å². The molecule has 1 atom stereocenters. The summed E-state index contributed by atoms with van der Waals surface area (Å²) in [5.74, 6) is -1.46. The summed E-state index contributed by atoms with van der Waals surface area (Å²) in [7, 11) is 0. The van der Waals surface area contributed by atoms with Crippen molar-refractivity contribution in [1.82, 2.24) is 5.32 Å². The van der Waals surface area contributed by atoms with Crippen molar-refractivity contribution in [2.24, 2.45) is 11.5 Å². The Morgan fingerprint density at radius 3 is 2.50 bits per heavy atom. The normalized spacial score (nSPS) is 12.4. The maximum absolute atomic E-state index is 10.7. The number of hydrogen-bond acceptors (Lipinski definition) is 4. The fourth-order valence-corrected chi connectivity index (χ4v) is 0.978. The summed E-state index contributed by atoms with van der Waals surface area (Å²) in [5, 5.41) is 11.5. The second-order valence-corrected chi connectivity index (χ2v) is 2.99. The number of carboxylic acid groups (broad SMARTS) is 1. The summed E-state index contributed by atoms with van der Waals surface area (Å²) in [5.41, 5.74) is 10.2. The smallest absolute Gasteiger partial charge is 0.320 e. The molecule has 0 fully saturated rings. The van der Waals surface area contributed by atoms with Gasteiger partial charge in [0.15, 0.2) is 0 Å². The maximum Gasteiger partial charge on any atom is 0.320 e. The summed E-state index contributed by atoms with van der Waals surface area (Å²) < 4.78 is 0. The Balaban J connectivity index is 3.78. The van der Waals surface area contributed by atoms with Crippen LogP contribution >= 0.6 is 0 Å². The van der Waals surface area contributed by atoms with Gasteiger partial charge in [0.05, 0.1) is 0 Å². The highest BCUT2D eigenvalue weighted by molar-refractivity contribution is 5.77. The highest BCUT2D eigenvalue weighted by Crippen LogP contribution is 1.97. The second kappa shape index (κ2) is 7.28. The lowest BCUT2D eigenvalue weighted by Gasteiger charge is -2.12. The summed E-state index contributed by atoms with van der Waals surface area (Å²) in [6.45, 7) is 1.04. The molecule has 0 aliphatic heterocycles. The van der Waals surface area contributed by atoms with Gasteiger partial charge in [-0.05, 0) is 25.9 Å². The third-order valence-electron chi connectivity index (χ3n) is 1.75. The molecule has 0 saturated carbocycles. The maximum atomic E-state index is 10.7. The van der Waals surface area contributed by atoms with Crippen molar-refractivity contribution in [3.8, 4) is 0 Å². The monoisotopic (exact) mass is 203 g/mol. The van der Waals surface area contributed by atoms with E-state index in [1.54, 1.807) is 0 Å². The number of nitrogens with one attached hydrogen (secondary N) is 1. The molecule has 1 amide bonds. The highest BCUT2D eigenvalue weighted by Gasteiger charge is 2.16. The van der Waals surface area contributed by atoms with Gasteiger partial charge in [-0.2, -0.15) is 0 Å². The van der Waals surface area contributed by atoms with E-state index in [2.05, 4.69) is 5.32 Å². The standard InChI is InChI=1S/C8H17N3O3/c9-4-1-5-11-6(8(13)14)2-3-7(10)12/h6,11H,1-5,9H2,(H2,10,12)(H,13,14)/t6-/m0/s1. The summed E-state index contributed by atoms with van der Waals surface area (Å²) in [4.78, 5) is 21.1. The van der Waals surface area contributed by atoms with Crippen LogP contribution in [0.2, 0.25) is 0 Å². The Bertz CT molecular complexity index is 196. The van der Waals surface area contributed by atoms with Crippen molar-refractivity contribution in [1.29, 1.82) is 0 Å². The van der Waals surface area contributed by atoms with Crippen LogP contribution in [0.25, 0.3) is 0 Å². The number of rotatable bonds is 8. The van der Waals surface area contributed by atoms with Gasteiger partial charge in [-0.1, -0.05) is 0 Å². The number of amides is 1. The minimum absolute atomic E-state index is 0.0760. The number of primary amides is 1. The van der Waals surface area contributed by atoms with Crippen molar-refractivity contribution < 1.29 is 14.7 Å². The van der Waals surface area contributed by atoms with Crippen LogP contribution in [0, 0.1) is 0 Å². The van der Waals surface area contributed by atoms with Gasteiger partial charge in [-0.3, -0.25) is 9.59 Å². The first-order chi connectivity index (χ1) is 6.57. The van der Waals surface area contributed by atoms with Crippen LogP contribution in [-0.4, -0.2) is 36.1 Å². The van der Waals surface area contributed by atoms with Crippen LogP contribution in [0.3, 0.4) is 0 Å². The zero-order valence-corrected chi connectivity index (χ0v) is 8.03. The molecular weight excluding hydrogens is 186 g/mol. The van der Waals surface area contributed by atoms with E-state index in [0.29, 0.717) is 19.5 Å². The van der Waals surface area contributed by atoms with E-state index in [1.165, 1.54) is 0 Å². The molecule has 0 radical (unpaired) electrons.